The molecule has 0 fully saturated rings. The molecule has 0 aliphatic carbocycles. The van der Waals surface area contributed by atoms with Crippen LogP contribution in [0.5, 0.6) is 0 Å². The van der Waals surface area contributed by atoms with Gasteiger partial charge < -0.3 is 0 Å². The van der Waals surface area contributed by atoms with Crippen molar-refractivity contribution in [2.75, 3.05) is 0 Å². The van der Waals surface area contributed by atoms with Gasteiger partial charge in [-0.3, -0.25) is 4.55 Å². The normalized spacial score (nSPS) is 11.5. The molecule has 1 heterocycles. The van der Waals surface area contributed by atoms with Crippen molar-refractivity contribution in [1.29, 1.82) is 0 Å². The Hall–Kier alpha value is -0.460. The Morgan fingerprint density at radius 3 is 2.45 bits per heavy atom. The molecule has 0 aliphatic rings. The van der Waals surface area contributed by atoms with Crippen molar-refractivity contribution in [3.63, 3.8) is 0 Å². The maximum Gasteiger partial charge on any atom is 0.296 e. The maximum absolute atomic E-state index is 10.4. The Morgan fingerprint density at radius 2 is 2.09 bits per heavy atom. The van der Waals surface area contributed by atoms with E-state index in [0.717, 1.165) is 6.20 Å². The summed E-state index contributed by atoms with van der Waals surface area (Å²) in [5.74, 6) is 0. The number of rotatable bonds is 1. The molecule has 1 aromatic rings. The lowest BCUT2D eigenvalue weighted by Gasteiger charge is -1.93. The molecule has 4 nitrogen and oxygen atoms in total. The van der Waals surface area contributed by atoms with Crippen molar-refractivity contribution < 1.29 is 13.0 Å². The highest BCUT2D eigenvalue weighted by Gasteiger charge is 2.08. The summed E-state index contributed by atoms with van der Waals surface area (Å²) in [6, 6.07) is 2.69. The third-order valence-corrected chi connectivity index (χ3v) is 2.30. The molecule has 1 rings (SSSR count). The van der Waals surface area contributed by atoms with Gasteiger partial charge in [-0.1, -0.05) is 0 Å². The van der Waals surface area contributed by atoms with E-state index in [1.165, 1.54) is 12.1 Å². The Kier molecular flexibility index (Phi) is 2.26. The quantitative estimate of drug-likeness (QED) is 0.587. The molecule has 11 heavy (non-hydrogen) atoms. The van der Waals surface area contributed by atoms with Gasteiger partial charge in [0.15, 0.2) is 0 Å². The minimum Gasteiger partial charge on any atom is -0.282 e. The van der Waals surface area contributed by atoms with Crippen LogP contribution in [0.15, 0.2) is 27.8 Å². The largest absolute Gasteiger partial charge is 0.296 e. The first-order chi connectivity index (χ1) is 5.00. The highest BCUT2D eigenvalue weighted by molar-refractivity contribution is 9.10. The number of hydrogen-bond acceptors (Lipinski definition) is 3. The zero-order valence-corrected chi connectivity index (χ0v) is 7.63. The first-order valence-electron chi connectivity index (χ1n) is 2.59. The van der Waals surface area contributed by atoms with Gasteiger partial charge in [-0.15, -0.1) is 0 Å². The Labute approximate surface area is 72.1 Å². The molecule has 60 valence electrons. The number of hydrogen-bond donors (Lipinski definition) is 1. The molecule has 1 N–H and O–H groups in total. The first-order valence-corrected chi connectivity index (χ1v) is 4.82. The van der Waals surface area contributed by atoms with E-state index in [2.05, 4.69) is 20.9 Å². The van der Waals surface area contributed by atoms with Crippen LogP contribution in [0.3, 0.4) is 0 Å². The van der Waals surface area contributed by atoms with Gasteiger partial charge in [0.1, 0.15) is 9.50 Å². The minimum absolute atomic E-state index is 0.208. The lowest BCUT2D eigenvalue weighted by Crippen LogP contribution is -1.97. The summed E-state index contributed by atoms with van der Waals surface area (Å²) >= 11 is 3.02. The number of aromatic nitrogens is 1. The van der Waals surface area contributed by atoms with Gasteiger partial charge in [0.2, 0.25) is 0 Å². The van der Waals surface area contributed by atoms with Crippen LogP contribution in [0.1, 0.15) is 0 Å². The van der Waals surface area contributed by atoms with Crippen molar-refractivity contribution >= 4 is 26.0 Å². The Bertz CT molecular complexity index is 344. The van der Waals surface area contributed by atoms with Crippen molar-refractivity contribution in [2.24, 2.45) is 0 Å². The van der Waals surface area contributed by atoms with E-state index in [-0.39, 0.29) is 4.90 Å². The van der Waals surface area contributed by atoms with Gasteiger partial charge in [-0.2, -0.15) is 8.42 Å². The second kappa shape index (κ2) is 2.88. The summed E-state index contributed by atoms with van der Waals surface area (Å²) in [6.45, 7) is 0. The van der Waals surface area contributed by atoms with Crippen molar-refractivity contribution in [3.05, 3.63) is 22.9 Å². The molecular formula is C5H4BrNO3S. The van der Waals surface area contributed by atoms with Crippen LogP contribution in [0.25, 0.3) is 0 Å². The fourth-order valence-electron chi connectivity index (χ4n) is 0.515. The predicted molar refractivity (Wildman–Crippen MR) is 41.8 cm³/mol. The van der Waals surface area contributed by atoms with E-state index >= 15 is 0 Å². The zero-order chi connectivity index (χ0) is 8.48. The Balaban J connectivity index is 3.20. The summed E-state index contributed by atoms with van der Waals surface area (Å²) in [5.41, 5.74) is 0. The highest BCUT2D eigenvalue weighted by Crippen LogP contribution is 2.10. The van der Waals surface area contributed by atoms with Crippen LogP contribution >= 0.6 is 15.9 Å². The maximum atomic E-state index is 10.4. The van der Waals surface area contributed by atoms with Gasteiger partial charge in [-0.05, 0) is 28.1 Å². The van der Waals surface area contributed by atoms with E-state index in [1.807, 2.05) is 0 Å². The summed E-state index contributed by atoms with van der Waals surface area (Å²) in [6.07, 6.45) is 1.07. The second-order valence-electron chi connectivity index (χ2n) is 1.79. The molecule has 0 radical (unpaired) electrons. The number of pyridine rings is 1. The Morgan fingerprint density at radius 1 is 1.45 bits per heavy atom. The zero-order valence-electron chi connectivity index (χ0n) is 5.23. The topological polar surface area (TPSA) is 67.3 Å². The van der Waals surface area contributed by atoms with Crippen LogP contribution in [0, 0.1) is 0 Å². The van der Waals surface area contributed by atoms with Gasteiger partial charge in [0.25, 0.3) is 10.1 Å². The molecule has 0 atom stereocenters. The second-order valence-corrected chi connectivity index (χ2v) is 4.03. The summed E-state index contributed by atoms with van der Waals surface area (Å²) in [7, 11) is -4.10. The standard InChI is InChI=1S/C5H4BrNO3S/c6-5-2-1-4(3-7-5)11(8,9)10/h1-3H,(H,8,9,10). The fourth-order valence-corrected chi connectivity index (χ4v) is 1.18. The smallest absolute Gasteiger partial charge is 0.282 e. The number of nitrogens with zero attached hydrogens (tertiary/aromatic N) is 1. The molecular weight excluding hydrogens is 234 g/mol. The highest BCUT2D eigenvalue weighted by atomic mass is 79.9. The van der Waals surface area contributed by atoms with Gasteiger partial charge in [-0.25, -0.2) is 4.98 Å². The summed E-state index contributed by atoms with van der Waals surface area (Å²) in [4.78, 5) is 3.42. The molecule has 0 spiro atoms. The van der Waals surface area contributed by atoms with Crippen LogP contribution in [0.2, 0.25) is 0 Å². The third kappa shape index (κ3) is 2.25. The SMILES string of the molecule is O=S(=O)(O)c1ccc(Br)nc1. The average molecular weight is 238 g/mol. The van der Waals surface area contributed by atoms with Crippen LogP contribution < -0.4 is 0 Å². The lowest BCUT2D eigenvalue weighted by atomic mass is 10.5. The number of halogens is 1. The summed E-state index contributed by atoms with van der Waals surface area (Å²) < 4.78 is 29.9. The minimum atomic E-state index is -4.10. The molecule has 0 bridgehead atoms. The summed E-state index contributed by atoms with van der Waals surface area (Å²) in [5, 5.41) is 0. The predicted octanol–water partition coefficient (Wildman–Crippen LogP) is 1.09. The van der Waals surface area contributed by atoms with Crippen LogP contribution in [0.4, 0.5) is 0 Å². The van der Waals surface area contributed by atoms with E-state index in [9.17, 15) is 8.42 Å². The molecule has 0 unspecified atom stereocenters. The van der Waals surface area contributed by atoms with Gasteiger partial charge in [0.05, 0.1) is 0 Å². The fraction of sp³-hybridized carbons (Fsp3) is 0. The molecule has 0 amide bonds. The van der Waals surface area contributed by atoms with E-state index in [4.69, 9.17) is 4.55 Å². The van der Waals surface area contributed by atoms with Gasteiger partial charge in [0, 0.05) is 6.20 Å². The molecule has 1 aromatic heterocycles. The van der Waals surface area contributed by atoms with Crippen LogP contribution in [-0.4, -0.2) is 18.0 Å². The van der Waals surface area contributed by atoms with E-state index in [0.29, 0.717) is 4.60 Å². The average Bonchev–Trinajstić information content (AvgIpc) is 1.86. The van der Waals surface area contributed by atoms with E-state index in [1.54, 1.807) is 0 Å². The third-order valence-electron chi connectivity index (χ3n) is 0.998. The van der Waals surface area contributed by atoms with Crippen LogP contribution in [-0.2, 0) is 10.1 Å². The first kappa shape index (κ1) is 8.63. The molecule has 0 aromatic carbocycles. The molecule has 6 heteroatoms. The van der Waals surface area contributed by atoms with Crippen molar-refractivity contribution in [1.82, 2.24) is 4.98 Å². The van der Waals surface area contributed by atoms with Crippen molar-refractivity contribution in [2.45, 2.75) is 4.90 Å². The lowest BCUT2D eigenvalue weighted by molar-refractivity contribution is 0.482. The van der Waals surface area contributed by atoms with E-state index < -0.39 is 10.1 Å². The monoisotopic (exact) mass is 237 g/mol. The van der Waals surface area contributed by atoms with Gasteiger partial charge >= 0.3 is 0 Å². The molecule has 0 saturated heterocycles. The molecule has 0 saturated carbocycles. The van der Waals surface area contributed by atoms with Crippen molar-refractivity contribution in [3.8, 4) is 0 Å². The molecule has 0 aliphatic heterocycles.